The fourth-order valence-electron chi connectivity index (χ4n) is 1.47. The van der Waals surface area contributed by atoms with Gasteiger partial charge in [0.1, 0.15) is 11.4 Å². The number of nitrogens with zero attached hydrogens (tertiary/aromatic N) is 4. The van der Waals surface area contributed by atoms with Gasteiger partial charge >= 0.3 is 0 Å². The van der Waals surface area contributed by atoms with Gasteiger partial charge in [-0.3, -0.25) is 14.5 Å². The maximum Gasteiger partial charge on any atom is 0.232 e. The number of aromatic nitrogens is 4. The van der Waals surface area contributed by atoms with Crippen LogP contribution in [0.25, 0.3) is 0 Å². The van der Waals surface area contributed by atoms with Crippen LogP contribution >= 0.6 is 11.6 Å². The minimum absolute atomic E-state index is 0.235. The molecule has 6 nitrogen and oxygen atoms in total. The topological polar surface area (TPSA) is 69.9 Å². The lowest BCUT2D eigenvalue weighted by molar-refractivity contribution is 0.102. The molecule has 0 spiro atoms. The highest BCUT2D eigenvalue weighted by Gasteiger charge is 2.20. The minimum Gasteiger partial charge on any atom is -0.383 e. The Morgan fingerprint density at radius 2 is 2.28 bits per heavy atom. The van der Waals surface area contributed by atoms with Gasteiger partial charge in [-0.15, -0.1) is 0 Å². The lowest BCUT2D eigenvalue weighted by atomic mass is 10.2. The summed E-state index contributed by atoms with van der Waals surface area (Å²) in [6.45, 7) is 0.892. The molecule has 0 saturated carbocycles. The van der Waals surface area contributed by atoms with Crippen molar-refractivity contribution in [1.82, 2.24) is 19.7 Å². The van der Waals surface area contributed by atoms with Crippen molar-refractivity contribution in [3.8, 4) is 0 Å². The van der Waals surface area contributed by atoms with E-state index in [4.69, 9.17) is 16.3 Å². The molecule has 7 heteroatoms. The van der Waals surface area contributed by atoms with Gasteiger partial charge in [-0.1, -0.05) is 11.6 Å². The summed E-state index contributed by atoms with van der Waals surface area (Å²) < 4.78 is 6.46. The van der Waals surface area contributed by atoms with Crippen molar-refractivity contribution in [2.75, 3.05) is 13.7 Å². The molecule has 2 aromatic rings. The Balaban J connectivity index is 2.32. The Morgan fingerprint density at radius 3 is 2.94 bits per heavy atom. The average Bonchev–Trinajstić information content (AvgIpc) is 2.77. The summed E-state index contributed by atoms with van der Waals surface area (Å²) in [5.41, 5.74) is 0.535. The van der Waals surface area contributed by atoms with Crippen molar-refractivity contribution in [3.63, 3.8) is 0 Å². The normalized spacial score (nSPS) is 10.6. The van der Waals surface area contributed by atoms with E-state index in [-0.39, 0.29) is 11.5 Å². The van der Waals surface area contributed by atoms with Gasteiger partial charge in [0.2, 0.25) is 5.78 Å². The number of hydrogen-bond acceptors (Lipinski definition) is 5. The van der Waals surface area contributed by atoms with Gasteiger partial charge in [-0.05, 0) is 0 Å². The Bertz CT molecular complexity index is 541. The summed E-state index contributed by atoms with van der Waals surface area (Å²) in [4.78, 5) is 20.0. The van der Waals surface area contributed by atoms with E-state index in [1.807, 2.05) is 0 Å². The van der Waals surface area contributed by atoms with Crippen molar-refractivity contribution in [2.45, 2.75) is 6.54 Å². The highest BCUT2D eigenvalue weighted by molar-refractivity contribution is 6.34. The van der Waals surface area contributed by atoms with Gasteiger partial charge in [0.25, 0.3) is 0 Å². The van der Waals surface area contributed by atoms with Crippen molar-refractivity contribution in [2.24, 2.45) is 0 Å². The second-order valence-electron chi connectivity index (χ2n) is 3.48. The largest absolute Gasteiger partial charge is 0.383 e. The summed E-state index contributed by atoms with van der Waals surface area (Å²) >= 11 is 5.98. The van der Waals surface area contributed by atoms with Crippen molar-refractivity contribution < 1.29 is 9.53 Å². The van der Waals surface area contributed by atoms with Crippen LogP contribution in [0.3, 0.4) is 0 Å². The number of ether oxygens (including phenoxy) is 1. The van der Waals surface area contributed by atoms with E-state index in [9.17, 15) is 4.79 Å². The molecule has 0 radical (unpaired) electrons. The maximum absolute atomic E-state index is 12.2. The third kappa shape index (κ3) is 2.55. The zero-order valence-electron chi connectivity index (χ0n) is 9.71. The molecule has 0 fully saturated rings. The van der Waals surface area contributed by atoms with Crippen LogP contribution in [0.5, 0.6) is 0 Å². The zero-order chi connectivity index (χ0) is 13.0. The summed E-state index contributed by atoms with van der Waals surface area (Å²) in [5.74, 6) is -0.304. The number of carbonyl (C=O) groups is 1. The number of halogens is 1. The fraction of sp³-hybridized carbons (Fsp3) is 0.273. The van der Waals surface area contributed by atoms with Crippen LogP contribution in [-0.2, 0) is 11.3 Å². The first kappa shape index (κ1) is 12.7. The first-order valence-corrected chi connectivity index (χ1v) is 5.62. The first-order chi connectivity index (χ1) is 8.74. The average molecular weight is 267 g/mol. The molecule has 94 valence electrons. The second kappa shape index (κ2) is 5.70. The van der Waals surface area contributed by atoms with Gasteiger partial charge in [-0.2, -0.15) is 5.10 Å². The van der Waals surface area contributed by atoms with Crippen molar-refractivity contribution in [1.29, 1.82) is 0 Å². The molecule has 0 atom stereocenters. The van der Waals surface area contributed by atoms with Crippen LogP contribution < -0.4 is 0 Å². The Hall–Kier alpha value is -1.79. The number of carbonyl (C=O) groups excluding carboxylic acids is 1. The smallest absolute Gasteiger partial charge is 0.232 e. The van der Waals surface area contributed by atoms with Gasteiger partial charge in [0.15, 0.2) is 0 Å². The predicted molar refractivity (Wildman–Crippen MR) is 64.6 cm³/mol. The van der Waals surface area contributed by atoms with E-state index in [1.165, 1.54) is 29.5 Å². The number of rotatable bonds is 5. The number of ketones is 1. The predicted octanol–water partition coefficient (Wildman–Crippen LogP) is 1.20. The van der Waals surface area contributed by atoms with E-state index in [1.54, 1.807) is 7.11 Å². The van der Waals surface area contributed by atoms with Gasteiger partial charge < -0.3 is 4.74 Å². The van der Waals surface area contributed by atoms with Crippen LogP contribution in [0.2, 0.25) is 5.02 Å². The molecule has 0 aliphatic rings. The minimum atomic E-state index is -0.304. The Labute approximate surface area is 109 Å². The third-order valence-corrected chi connectivity index (χ3v) is 2.59. The first-order valence-electron chi connectivity index (χ1n) is 5.25. The molecule has 0 bridgehead atoms. The second-order valence-corrected chi connectivity index (χ2v) is 3.88. The van der Waals surface area contributed by atoms with E-state index < -0.39 is 0 Å². The van der Waals surface area contributed by atoms with Crippen LogP contribution in [0.1, 0.15) is 16.2 Å². The number of methoxy groups -OCH3 is 1. The molecule has 0 aliphatic heterocycles. The molecule has 0 N–H and O–H groups in total. The SMILES string of the molecule is COCCn1ncc(Cl)c1C(=O)c1cnccn1. The van der Waals surface area contributed by atoms with Crippen LogP contribution in [0.15, 0.2) is 24.8 Å². The molecule has 0 amide bonds. The van der Waals surface area contributed by atoms with Crippen molar-refractivity contribution >= 4 is 17.4 Å². The summed E-state index contributed by atoms with van der Waals surface area (Å²) in [7, 11) is 1.58. The molecule has 0 unspecified atom stereocenters. The molecule has 2 rings (SSSR count). The van der Waals surface area contributed by atoms with Gasteiger partial charge in [-0.25, -0.2) is 4.98 Å². The van der Waals surface area contributed by atoms with E-state index >= 15 is 0 Å². The Kier molecular flexibility index (Phi) is 4.01. The quantitative estimate of drug-likeness (QED) is 0.761. The molecule has 18 heavy (non-hydrogen) atoms. The molecular formula is C11H11ClN4O2. The highest BCUT2D eigenvalue weighted by atomic mass is 35.5. The Morgan fingerprint density at radius 1 is 1.44 bits per heavy atom. The molecule has 0 aromatic carbocycles. The monoisotopic (exact) mass is 266 g/mol. The zero-order valence-corrected chi connectivity index (χ0v) is 10.5. The number of hydrogen-bond donors (Lipinski definition) is 0. The standard InChI is InChI=1S/C11H11ClN4O2/c1-18-5-4-16-10(8(12)6-15-16)11(17)9-7-13-2-3-14-9/h2-3,6-7H,4-5H2,1H3. The van der Waals surface area contributed by atoms with Crippen molar-refractivity contribution in [3.05, 3.63) is 41.2 Å². The lowest BCUT2D eigenvalue weighted by Crippen LogP contribution is -2.15. The fourth-order valence-corrected chi connectivity index (χ4v) is 1.70. The van der Waals surface area contributed by atoms with Gasteiger partial charge in [0, 0.05) is 19.5 Å². The summed E-state index contributed by atoms with van der Waals surface area (Å²) in [5, 5.41) is 4.33. The molecule has 2 heterocycles. The van der Waals surface area contributed by atoms with Gasteiger partial charge in [0.05, 0.1) is 30.6 Å². The lowest BCUT2D eigenvalue weighted by Gasteiger charge is -2.05. The summed E-state index contributed by atoms with van der Waals surface area (Å²) in [6.07, 6.45) is 5.78. The van der Waals surface area contributed by atoms with E-state index in [0.717, 1.165) is 0 Å². The highest BCUT2D eigenvalue weighted by Crippen LogP contribution is 2.18. The third-order valence-electron chi connectivity index (χ3n) is 2.31. The van der Waals surface area contributed by atoms with E-state index in [2.05, 4.69) is 15.1 Å². The van der Waals surface area contributed by atoms with E-state index in [0.29, 0.717) is 23.9 Å². The van der Waals surface area contributed by atoms with Crippen LogP contribution in [0.4, 0.5) is 0 Å². The molecule has 0 saturated heterocycles. The molecule has 2 aromatic heterocycles. The molecular weight excluding hydrogens is 256 g/mol. The van der Waals surface area contributed by atoms with Crippen LogP contribution in [-0.4, -0.2) is 39.2 Å². The molecule has 0 aliphatic carbocycles. The summed E-state index contributed by atoms with van der Waals surface area (Å²) in [6, 6.07) is 0. The maximum atomic E-state index is 12.2. The van der Waals surface area contributed by atoms with Crippen LogP contribution in [0, 0.1) is 0 Å².